The Morgan fingerprint density at radius 1 is 1.45 bits per heavy atom. The molecule has 1 aromatic carbocycles. The van der Waals surface area contributed by atoms with Crippen molar-refractivity contribution in [3.63, 3.8) is 0 Å². The number of carbonyl (C=O) groups is 1. The van der Waals surface area contributed by atoms with Crippen molar-refractivity contribution in [1.29, 1.82) is 0 Å². The van der Waals surface area contributed by atoms with Crippen LogP contribution in [0.25, 0.3) is 0 Å². The molecule has 0 aliphatic heterocycles. The minimum absolute atomic E-state index is 0.250. The highest BCUT2D eigenvalue weighted by Crippen LogP contribution is 2.26. The van der Waals surface area contributed by atoms with Gasteiger partial charge in [0.2, 0.25) is 0 Å². The number of hydrogen-bond donors (Lipinski definition) is 2. The topological polar surface area (TPSA) is 76.4 Å². The van der Waals surface area contributed by atoms with Gasteiger partial charge in [-0.1, -0.05) is 29.7 Å². The fourth-order valence-corrected chi connectivity index (χ4v) is 2.28. The van der Waals surface area contributed by atoms with E-state index >= 15 is 0 Å². The Bertz CT molecular complexity index is 670. The highest BCUT2D eigenvalue weighted by atomic mass is 35.5. The Morgan fingerprint density at radius 3 is 2.91 bits per heavy atom. The first-order valence-corrected chi connectivity index (χ1v) is 7.26. The van der Waals surface area contributed by atoms with Gasteiger partial charge in [-0.3, -0.25) is 0 Å². The molecule has 0 atom stereocenters. The third kappa shape index (κ3) is 3.51. The van der Waals surface area contributed by atoms with E-state index in [1.807, 2.05) is 6.92 Å². The number of hydrogen-bond acceptors (Lipinski definition) is 4. The molecule has 0 spiro atoms. The summed E-state index contributed by atoms with van der Waals surface area (Å²) in [6, 6.07) is 4.97. The van der Waals surface area contributed by atoms with Gasteiger partial charge in [0.05, 0.1) is 7.11 Å². The molecule has 6 nitrogen and oxygen atoms in total. The summed E-state index contributed by atoms with van der Waals surface area (Å²) in [5.41, 5.74) is 1.97. The van der Waals surface area contributed by atoms with Crippen LogP contribution in [0.2, 0.25) is 5.02 Å². The Hall–Kier alpha value is -2.21. The number of benzene rings is 1. The molecule has 0 fully saturated rings. The van der Waals surface area contributed by atoms with Crippen LogP contribution in [0, 0.1) is 6.92 Å². The molecule has 118 valence electrons. The summed E-state index contributed by atoms with van der Waals surface area (Å²) in [5, 5.41) is 9.87. The van der Waals surface area contributed by atoms with E-state index in [1.54, 1.807) is 32.2 Å². The number of nitrogens with one attached hydrogen (secondary N) is 2. The molecule has 1 aromatic heterocycles. The predicted octanol–water partition coefficient (Wildman–Crippen LogP) is 3.53. The molecule has 2 rings (SSSR count). The normalized spacial score (nSPS) is 10.4. The van der Waals surface area contributed by atoms with Crippen molar-refractivity contribution in [3.05, 3.63) is 40.2 Å². The number of aromatic nitrogens is 1. The zero-order valence-corrected chi connectivity index (χ0v) is 13.5. The fourth-order valence-electron chi connectivity index (χ4n) is 2.05. The van der Waals surface area contributed by atoms with Crippen molar-refractivity contribution in [1.82, 2.24) is 10.5 Å². The molecule has 0 aliphatic rings. The van der Waals surface area contributed by atoms with Crippen LogP contribution in [0.5, 0.6) is 5.75 Å². The summed E-state index contributed by atoms with van der Waals surface area (Å²) in [4.78, 5) is 12.0. The Morgan fingerprint density at radius 2 is 2.23 bits per heavy atom. The van der Waals surface area contributed by atoms with Crippen molar-refractivity contribution in [3.8, 4) is 5.75 Å². The molecule has 0 saturated heterocycles. The van der Waals surface area contributed by atoms with Gasteiger partial charge < -0.3 is 19.9 Å². The number of rotatable bonds is 5. The fraction of sp³-hybridized carbons (Fsp3) is 0.333. The number of ether oxygens (including phenoxy) is 1. The first-order chi connectivity index (χ1) is 10.6. The Balaban J connectivity index is 2.03. The molecule has 0 aliphatic carbocycles. The molecule has 0 unspecified atom stereocenters. The van der Waals surface area contributed by atoms with E-state index in [2.05, 4.69) is 15.8 Å². The minimum Gasteiger partial charge on any atom is -0.496 e. The van der Waals surface area contributed by atoms with Gasteiger partial charge in [-0.05, 0) is 19.1 Å². The van der Waals surface area contributed by atoms with Crippen molar-refractivity contribution in [2.24, 2.45) is 0 Å². The van der Waals surface area contributed by atoms with E-state index in [0.29, 0.717) is 34.3 Å². The van der Waals surface area contributed by atoms with Gasteiger partial charge in [-0.15, -0.1) is 0 Å². The lowest BCUT2D eigenvalue weighted by Gasteiger charge is -2.12. The Labute approximate surface area is 133 Å². The average molecular weight is 324 g/mol. The van der Waals surface area contributed by atoms with Crippen LogP contribution < -0.4 is 15.4 Å². The first-order valence-electron chi connectivity index (χ1n) is 6.88. The summed E-state index contributed by atoms with van der Waals surface area (Å²) in [5.74, 6) is 1.27. The highest BCUT2D eigenvalue weighted by Gasteiger charge is 2.15. The standard InChI is InChI=1S/C15H18ClN3O3/c1-4-12-14(9(2)19-22-12)18-15(20)17-8-10-11(16)6-5-7-13(10)21-3/h5-7H,4,8H2,1-3H3,(H2,17,18,20). The number of nitrogens with zero attached hydrogens (tertiary/aromatic N) is 1. The van der Waals surface area contributed by atoms with Crippen LogP contribution >= 0.6 is 11.6 Å². The molecule has 2 N–H and O–H groups in total. The first kappa shape index (κ1) is 16.2. The smallest absolute Gasteiger partial charge is 0.319 e. The van der Waals surface area contributed by atoms with E-state index in [-0.39, 0.29) is 12.6 Å². The maximum absolute atomic E-state index is 12.0. The van der Waals surface area contributed by atoms with Gasteiger partial charge in [0.15, 0.2) is 5.76 Å². The van der Waals surface area contributed by atoms with E-state index < -0.39 is 0 Å². The molecule has 0 bridgehead atoms. The lowest BCUT2D eigenvalue weighted by atomic mass is 10.2. The van der Waals surface area contributed by atoms with E-state index in [4.69, 9.17) is 20.9 Å². The average Bonchev–Trinajstić information content (AvgIpc) is 2.86. The second-order valence-electron chi connectivity index (χ2n) is 4.65. The summed E-state index contributed by atoms with van der Waals surface area (Å²) in [6.45, 7) is 3.95. The van der Waals surface area contributed by atoms with Crippen molar-refractivity contribution in [2.45, 2.75) is 26.8 Å². The zero-order valence-electron chi connectivity index (χ0n) is 12.7. The number of halogens is 1. The largest absolute Gasteiger partial charge is 0.496 e. The number of methoxy groups -OCH3 is 1. The molecule has 2 amide bonds. The number of anilines is 1. The number of amides is 2. The molecule has 22 heavy (non-hydrogen) atoms. The summed E-state index contributed by atoms with van der Waals surface area (Å²) < 4.78 is 10.4. The van der Waals surface area contributed by atoms with Gasteiger partial charge >= 0.3 is 6.03 Å². The van der Waals surface area contributed by atoms with E-state index in [1.165, 1.54) is 0 Å². The molecule has 2 aromatic rings. The maximum atomic E-state index is 12.0. The second kappa shape index (κ2) is 7.17. The van der Waals surface area contributed by atoms with Gasteiger partial charge in [-0.25, -0.2) is 4.79 Å². The van der Waals surface area contributed by atoms with Crippen LogP contribution in [-0.4, -0.2) is 18.3 Å². The van der Waals surface area contributed by atoms with E-state index in [9.17, 15) is 4.79 Å². The quantitative estimate of drug-likeness (QED) is 0.882. The molecule has 0 radical (unpaired) electrons. The summed E-state index contributed by atoms with van der Waals surface area (Å²) >= 11 is 6.13. The van der Waals surface area contributed by atoms with Crippen LogP contribution in [0.4, 0.5) is 10.5 Å². The van der Waals surface area contributed by atoms with E-state index in [0.717, 1.165) is 5.56 Å². The summed E-state index contributed by atoms with van der Waals surface area (Å²) in [7, 11) is 1.56. The van der Waals surface area contributed by atoms with Crippen LogP contribution in [0.15, 0.2) is 22.7 Å². The van der Waals surface area contributed by atoms with Gasteiger partial charge in [-0.2, -0.15) is 0 Å². The molecule has 7 heteroatoms. The molecule has 1 heterocycles. The van der Waals surface area contributed by atoms with Gasteiger partial charge in [0, 0.05) is 23.6 Å². The van der Waals surface area contributed by atoms with Crippen molar-refractivity contribution >= 4 is 23.3 Å². The second-order valence-corrected chi connectivity index (χ2v) is 5.06. The SMILES string of the molecule is CCc1onc(C)c1NC(=O)NCc1c(Cl)cccc1OC. The highest BCUT2D eigenvalue weighted by molar-refractivity contribution is 6.31. The van der Waals surface area contributed by atoms with Crippen molar-refractivity contribution in [2.75, 3.05) is 12.4 Å². The third-order valence-electron chi connectivity index (χ3n) is 3.21. The maximum Gasteiger partial charge on any atom is 0.319 e. The predicted molar refractivity (Wildman–Crippen MR) is 84.5 cm³/mol. The number of urea groups is 1. The summed E-state index contributed by atoms with van der Waals surface area (Å²) in [6.07, 6.45) is 0.648. The van der Waals surface area contributed by atoms with Crippen LogP contribution in [-0.2, 0) is 13.0 Å². The van der Waals surface area contributed by atoms with Crippen LogP contribution in [0.3, 0.4) is 0 Å². The zero-order chi connectivity index (χ0) is 16.1. The molecule has 0 saturated carbocycles. The third-order valence-corrected chi connectivity index (χ3v) is 3.57. The van der Waals surface area contributed by atoms with Gasteiger partial charge in [0.25, 0.3) is 0 Å². The lowest BCUT2D eigenvalue weighted by Crippen LogP contribution is -2.29. The minimum atomic E-state index is -0.358. The number of carbonyl (C=O) groups excluding carboxylic acids is 1. The van der Waals surface area contributed by atoms with Crippen LogP contribution in [0.1, 0.15) is 23.9 Å². The lowest BCUT2D eigenvalue weighted by molar-refractivity contribution is 0.251. The molecular weight excluding hydrogens is 306 g/mol. The van der Waals surface area contributed by atoms with Gasteiger partial charge in [0.1, 0.15) is 17.1 Å². The van der Waals surface area contributed by atoms with Crippen molar-refractivity contribution < 1.29 is 14.1 Å². The monoisotopic (exact) mass is 323 g/mol. The Kier molecular flexibility index (Phi) is 5.27. The number of aryl methyl sites for hydroxylation is 2. The molecular formula is C15H18ClN3O3.